The molecule has 0 aromatic heterocycles. The van der Waals surface area contributed by atoms with Gasteiger partial charge in [-0.25, -0.2) is 5.01 Å². The molecular formula is C28H45N7O3S. The third-order valence-corrected chi connectivity index (χ3v) is 10.3. The summed E-state index contributed by atoms with van der Waals surface area (Å²) >= 11 is 1.77. The Bertz CT molecular complexity index is 978. The molecule has 5 aliphatic rings. The van der Waals surface area contributed by atoms with Crippen LogP contribution in [0.2, 0.25) is 0 Å². The molecule has 39 heavy (non-hydrogen) atoms. The van der Waals surface area contributed by atoms with Crippen LogP contribution in [0.25, 0.3) is 0 Å². The van der Waals surface area contributed by atoms with E-state index >= 15 is 0 Å². The zero-order valence-corrected chi connectivity index (χ0v) is 24.3. The number of fused-ring (bicyclic) bond motifs is 1. The van der Waals surface area contributed by atoms with Crippen molar-refractivity contribution < 1.29 is 14.3 Å². The molecule has 4 N–H and O–H groups in total. The maximum Gasteiger partial charge on any atom is 0.152 e. The van der Waals surface area contributed by atoms with Gasteiger partial charge in [-0.3, -0.25) is 25.8 Å². The van der Waals surface area contributed by atoms with Crippen molar-refractivity contribution in [3.05, 3.63) is 29.8 Å². The highest BCUT2D eigenvalue weighted by molar-refractivity contribution is 8.01. The van der Waals surface area contributed by atoms with E-state index in [9.17, 15) is 4.79 Å². The Labute approximate surface area is 236 Å². The first-order valence-corrected chi connectivity index (χ1v) is 15.6. The van der Waals surface area contributed by atoms with E-state index in [1.54, 1.807) is 11.8 Å². The van der Waals surface area contributed by atoms with Crippen molar-refractivity contribution in [3.8, 4) is 0 Å². The Hall–Kier alpha value is -1.28. The number of carbonyl (C=O) groups is 1. The molecule has 0 amide bonds. The molecule has 5 saturated heterocycles. The summed E-state index contributed by atoms with van der Waals surface area (Å²) in [4.78, 5) is 17.6. The van der Waals surface area contributed by atoms with Gasteiger partial charge in [-0.05, 0) is 45.1 Å². The number of rotatable bonds is 7. The number of morpholine rings is 1. The molecule has 0 spiro atoms. The summed E-state index contributed by atoms with van der Waals surface area (Å²) < 4.78 is 12.1. The lowest BCUT2D eigenvalue weighted by Gasteiger charge is -2.41. The third kappa shape index (κ3) is 6.32. The van der Waals surface area contributed by atoms with E-state index < -0.39 is 0 Å². The maximum absolute atomic E-state index is 13.0. The molecule has 6 rings (SSSR count). The molecule has 11 heteroatoms. The fraction of sp³-hybridized carbons (Fsp3) is 0.750. The topological polar surface area (TPSA) is 93.4 Å². The summed E-state index contributed by atoms with van der Waals surface area (Å²) in [5, 5.41) is 13.3. The number of ketones is 1. The minimum atomic E-state index is -0.118. The highest BCUT2D eigenvalue weighted by Crippen LogP contribution is 2.44. The summed E-state index contributed by atoms with van der Waals surface area (Å²) in [5.74, 6) is 2.12. The van der Waals surface area contributed by atoms with Gasteiger partial charge >= 0.3 is 0 Å². The number of ether oxygens (including phenoxy) is 2. The number of hydrogen-bond acceptors (Lipinski definition) is 11. The predicted octanol–water partition coefficient (Wildman–Crippen LogP) is 0.893. The smallest absolute Gasteiger partial charge is 0.152 e. The fourth-order valence-electron chi connectivity index (χ4n) is 6.70. The van der Waals surface area contributed by atoms with E-state index in [1.807, 2.05) is 0 Å². The predicted molar refractivity (Wildman–Crippen MR) is 154 cm³/mol. The number of thioether (sulfide) groups is 1. The lowest BCUT2D eigenvalue weighted by molar-refractivity contribution is -0.162. The first kappa shape index (κ1) is 27.9. The molecule has 0 radical (unpaired) electrons. The van der Waals surface area contributed by atoms with Crippen LogP contribution < -0.4 is 21.4 Å². The second kappa shape index (κ2) is 12.3. The summed E-state index contributed by atoms with van der Waals surface area (Å²) in [6, 6.07) is 9.21. The second-order valence-electron chi connectivity index (χ2n) is 12.0. The van der Waals surface area contributed by atoms with E-state index in [2.05, 4.69) is 81.5 Å². The molecule has 0 aliphatic carbocycles. The van der Waals surface area contributed by atoms with Crippen LogP contribution >= 0.6 is 11.8 Å². The van der Waals surface area contributed by atoms with Crippen LogP contribution in [0.5, 0.6) is 0 Å². The van der Waals surface area contributed by atoms with E-state index in [1.165, 1.54) is 5.56 Å². The Morgan fingerprint density at radius 3 is 2.74 bits per heavy atom. The Kier molecular flexibility index (Phi) is 8.79. The van der Waals surface area contributed by atoms with E-state index in [-0.39, 0.29) is 36.0 Å². The van der Waals surface area contributed by atoms with Gasteiger partial charge in [-0.2, -0.15) is 0 Å². The van der Waals surface area contributed by atoms with E-state index in [0.717, 1.165) is 50.6 Å². The Morgan fingerprint density at radius 2 is 1.97 bits per heavy atom. The number of anilines is 1. The van der Waals surface area contributed by atoms with Crippen LogP contribution in [0.4, 0.5) is 5.69 Å². The number of nitrogens with one attached hydrogen (secondary N) is 4. The minimum Gasteiger partial charge on any atom is -0.379 e. The number of carbonyl (C=O) groups excluding carboxylic acids is 1. The van der Waals surface area contributed by atoms with Crippen LogP contribution in [-0.2, 0) is 14.3 Å². The Balaban J connectivity index is 1.05. The fourth-order valence-corrected chi connectivity index (χ4v) is 8.22. The standard InChI is InChI=1S/C28H45N7O3S/c1-18-20(15-33(2)3)16-35(32-18)24-8-9-29-28(31-24)30-21-6-4-19(5-7-21)22-17-39-27-23(36)14-25(38-26(22)27)34-10-12-37-13-11-34/h4-7,18,20,22,24-32H,8-17H2,1-3H3. The SMILES string of the molecule is CC1NN(C2CCNC(Nc3ccc(C4CSC5C(=O)CC(N6CCOCC6)OC54)cc3)N2)CC1CN(C)C. The number of Topliss-reactive ketones (excluding diaryl/α,β-unsaturated/α-hetero) is 1. The second-order valence-corrected chi connectivity index (χ2v) is 13.1. The van der Waals surface area contributed by atoms with E-state index in [0.29, 0.717) is 37.4 Å². The van der Waals surface area contributed by atoms with Gasteiger partial charge in [0.05, 0.1) is 30.7 Å². The Morgan fingerprint density at radius 1 is 1.18 bits per heavy atom. The van der Waals surface area contributed by atoms with Gasteiger partial charge in [0.25, 0.3) is 0 Å². The van der Waals surface area contributed by atoms with Crippen LogP contribution in [0, 0.1) is 5.92 Å². The lowest BCUT2D eigenvalue weighted by Crippen LogP contribution is -2.63. The van der Waals surface area contributed by atoms with Gasteiger partial charge in [0.15, 0.2) is 5.78 Å². The molecule has 10 nitrogen and oxygen atoms in total. The van der Waals surface area contributed by atoms with Crippen LogP contribution in [0.3, 0.4) is 0 Å². The molecule has 216 valence electrons. The number of benzene rings is 1. The molecule has 8 atom stereocenters. The molecule has 0 saturated carbocycles. The minimum absolute atomic E-state index is 0.000369. The zero-order valence-electron chi connectivity index (χ0n) is 23.5. The van der Waals surface area contributed by atoms with Crippen molar-refractivity contribution in [2.45, 2.75) is 61.8 Å². The van der Waals surface area contributed by atoms with Gasteiger partial charge in [-0.15, -0.1) is 11.8 Å². The largest absolute Gasteiger partial charge is 0.379 e. The van der Waals surface area contributed by atoms with Crippen LogP contribution in [-0.4, -0.2) is 122 Å². The van der Waals surface area contributed by atoms with Gasteiger partial charge in [-0.1, -0.05) is 12.1 Å². The van der Waals surface area contributed by atoms with Gasteiger partial charge in [0.2, 0.25) is 0 Å². The summed E-state index contributed by atoms with van der Waals surface area (Å²) in [5.41, 5.74) is 6.02. The summed E-state index contributed by atoms with van der Waals surface area (Å²) in [7, 11) is 4.30. The summed E-state index contributed by atoms with van der Waals surface area (Å²) in [6.45, 7) is 8.48. The maximum atomic E-state index is 13.0. The molecule has 1 aromatic rings. The third-order valence-electron chi connectivity index (χ3n) is 8.87. The molecular weight excluding hydrogens is 514 g/mol. The van der Waals surface area contributed by atoms with E-state index in [4.69, 9.17) is 9.47 Å². The average Bonchev–Trinajstić information content (AvgIpc) is 3.53. The molecule has 0 bridgehead atoms. The normalized spacial score (nSPS) is 38.3. The first-order chi connectivity index (χ1) is 18.9. The number of hydrazine groups is 1. The van der Waals surface area contributed by atoms with Crippen molar-refractivity contribution in [1.29, 1.82) is 0 Å². The molecule has 8 unspecified atom stereocenters. The van der Waals surface area contributed by atoms with Crippen molar-refractivity contribution in [2.75, 3.05) is 71.1 Å². The van der Waals surface area contributed by atoms with Crippen LogP contribution in [0.1, 0.15) is 31.2 Å². The average molecular weight is 560 g/mol. The van der Waals surface area contributed by atoms with Gasteiger partial charge in [0.1, 0.15) is 12.5 Å². The molecule has 1 aromatic carbocycles. The van der Waals surface area contributed by atoms with Crippen molar-refractivity contribution in [3.63, 3.8) is 0 Å². The van der Waals surface area contributed by atoms with Crippen molar-refractivity contribution >= 4 is 23.2 Å². The highest BCUT2D eigenvalue weighted by atomic mass is 32.2. The van der Waals surface area contributed by atoms with Crippen molar-refractivity contribution in [1.82, 2.24) is 30.9 Å². The van der Waals surface area contributed by atoms with Gasteiger partial charge in [0, 0.05) is 68.5 Å². The molecule has 5 fully saturated rings. The number of nitrogens with zero attached hydrogens (tertiary/aromatic N) is 3. The first-order valence-electron chi connectivity index (χ1n) is 14.6. The van der Waals surface area contributed by atoms with Gasteiger partial charge < -0.3 is 19.7 Å². The quantitative estimate of drug-likeness (QED) is 0.384. The molecule has 5 heterocycles. The lowest BCUT2D eigenvalue weighted by atomic mass is 9.89. The molecule has 5 aliphatic heterocycles. The monoisotopic (exact) mass is 559 g/mol. The summed E-state index contributed by atoms with van der Waals surface area (Å²) in [6.07, 6.45) is 1.65. The van der Waals surface area contributed by atoms with Crippen LogP contribution in [0.15, 0.2) is 24.3 Å². The zero-order chi connectivity index (χ0) is 26.9. The number of hydrogen-bond donors (Lipinski definition) is 4. The van der Waals surface area contributed by atoms with Crippen molar-refractivity contribution in [2.24, 2.45) is 5.92 Å². The highest BCUT2D eigenvalue weighted by Gasteiger charge is 2.48.